The van der Waals surface area contributed by atoms with Crippen molar-refractivity contribution in [2.75, 3.05) is 18.0 Å². The number of benzene rings is 1. The van der Waals surface area contributed by atoms with Crippen LogP contribution in [0.25, 0.3) is 16.0 Å². The van der Waals surface area contributed by atoms with E-state index in [1.165, 1.54) is 12.1 Å². The number of aryl methyl sites for hydroxylation is 1. The zero-order valence-corrected chi connectivity index (χ0v) is 18.0. The van der Waals surface area contributed by atoms with E-state index >= 15 is 0 Å². The molecule has 0 unspecified atom stereocenters. The van der Waals surface area contributed by atoms with Crippen molar-refractivity contribution in [3.8, 4) is 5.69 Å². The van der Waals surface area contributed by atoms with E-state index in [1.54, 1.807) is 28.2 Å². The van der Waals surface area contributed by atoms with Crippen molar-refractivity contribution in [3.05, 3.63) is 35.8 Å². The van der Waals surface area contributed by atoms with Gasteiger partial charge in [0.05, 0.1) is 16.1 Å². The third-order valence-corrected chi connectivity index (χ3v) is 6.44. The molecule has 1 saturated heterocycles. The average Bonchev–Trinajstić information content (AvgIpc) is 3.23. The third kappa shape index (κ3) is 3.99. The average molecular weight is 416 g/mol. The molecule has 29 heavy (non-hydrogen) atoms. The lowest BCUT2D eigenvalue weighted by molar-refractivity contribution is -0.129. The van der Waals surface area contributed by atoms with E-state index in [0.29, 0.717) is 0 Å². The van der Waals surface area contributed by atoms with E-state index < -0.39 is 0 Å². The van der Waals surface area contributed by atoms with E-state index in [-0.39, 0.29) is 23.2 Å². The molecule has 1 amide bonds. The molecule has 8 heteroatoms. The number of amides is 1. The molecule has 0 spiro atoms. The van der Waals surface area contributed by atoms with Crippen molar-refractivity contribution in [3.63, 3.8) is 0 Å². The van der Waals surface area contributed by atoms with Crippen LogP contribution in [0.4, 0.5) is 9.52 Å². The van der Waals surface area contributed by atoms with Gasteiger partial charge >= 0.3 is 0 Å². The monoisotopic (exact) mass is 415 g/mol. The van der Waals surface area contributed by atoms with Crippen molar-refractivity contribution in [2.24, 2.45) is 5.41 Å². The maximum Gasteiger partial charge on any atom is 0.225 e. The number of fused-ring (bicyclic) bond motifs is 1. The fourth-order valence-corrected chi connectivity index (χ4v) is 4.48. The maximum atomic E-state index is 13.3. The second kappa shape index (κ2) is 7.40. The maximum absolute atomic E-state index is 13.3. The van der Waals surface area contributed by atoms with E-state index in [4.69, 9.17) is 4.98 Å². The molecule has 6 nitrogen and oxygen atoms in total. The van der Waals surface area contributed by atoms with Crippen LogP contribution in [-0.4, -0.2) is 39.8 Å². The van der Waals surface area contributed by atoms with E-state index in [0.717, 1.165) is 52.8 Å². The summed E-state index contributed by atoms with van der Waals surface area (Å²) in [7, 11) is 0. The highest BCUT2D eigenvalue weighted by molar-refractivity contribution is 7.22. The van der Waals surface area contributed by atoms with Gasteiger partial charge in [0.15, 0.2) is 10.8 Å². The number of halogens is 1. The molecule has 1 fully saturated rings. The van der Waals surface area contributed by atoms with Crippen LogP contribution in [-0.2, 0) is 4.79 Å². The molecule has 0 atom stereocenters. The number of thiazole rings is 1. The topological polar surface area (TPSA) is 63.1 Å². The van der Waals surface area contributed by atoms with Gasteiger partial charge in [-0.05, 0) is 44.0 Å². The van der Waals surface area contributed by atoms with Crippen molar-refractivity contribution < 1.29 is 9.18 Å². The molecule has 2 aromatic heterocycles. The number of anilines is 1. The van der Waals surface area contributed by atoms with Crippen LogP contribution in [0.5, 0.6) is 0 Å². The van der Waals surface area contributed by atoms with Crippen molar-refractivity contribution in [1.29, 1.82) is 0 Å². The van der Waals surface area contributed by atoms with Crippen LogP contribution in [0.2, 0.25) is 0 Å². The molecule has 1 aliphatic rings. The van der Waals surface area contributed by atoms with Gasteiger partial charge < -0.3 is 10.2 Å². The summed E-state index contributed by atoms with van der Waals surface area (Å²) in [5, 5.41) is 8.72. The Morgan fingerprint density at radius 1 is 1.21 bits per heavy atom. The summed E-state index contributed by atoms with van der Waals surface area (Å²) in [4.78, 5) is 19.4. The second-order valence-electron chi connectivity index (χ2n) is 8.61. The number of hydrogen-bond donors (Lipinski definition) is 1. The molecule has 0 saturated carbocycles. The molecule has 1 aliphatic heterocycles. The van der Waals surface area contributed by atoms with Crippen LogP contribution in [0, 0.1) is 18.2 Å². The summed E-state index contributed by atoms with van der Waals surface area (Å²) in [6, 6.07) is 6.50. The minimum atomic E-state index is -0.367. The standard InChI is InChI=1S/C21H26FN5OS/c1-13-17-18(27(25-13)16-7-5-14(22)6-8-16)24-20(29-17)26-11-9-15(10-12-26)23-19(28)21(2,3)4/h5-8,15H,9-12H2,1-4H3,(H,23,28). The van der Waals surface area contributed by atoms with Gasteiger partial charge in [0.1, 0.15) is 5.82 Å². The van der Waals surface area contributed by atoms with Crippen molar-refractivity contribution in [2.45, 2.75) is 46.6 Å². The molecule has 1 aromatic carbocycles. The molecule has 0 radical (unpaired) electrons. The molecule has 0 bridgehead atoms. The predicted octanol–water partition coefficient (Wildman–Crippen LogP) is 4.06. The summed E-state index contributed by atoms with van der Waals surface area (Å²) in [6.07, 6.45) is 1.81. The van der Waals surface area contributed by atoms with Crippen LogP contribution >= 0.6 is 11.3 Å². The summed E-state index contributed by atoms with van der Waals surface area (Å²) < 4.78 is 16.1. The summed E-state index contributed by atoms with van der Waals surface area (Å²) in [5.41, 5.74) is 2.15. The number of aromatic nitrogens is 3. The minimum Gasteiger partial charge on any atom is -0.353 e. The lowest BCUT2D eigenvalue weighted by atomic mass is 9.94. The first-order chi connectivity index (χ1) is 13.7. The SMILES string of the molecule is Cc1nn(-c2ccc(F)cc2)c2nc(N3CCC(NC(=O)C(C)(C)C)CC3)sc12. The first kappa shape index (κ1) is 19.8. The quantitative estimate of drug-likeness (QED) is 0.701. The van der Waals surface area contributed by atoms with Gasteiger partial charge in [0, 0.05) is 24.5 Å². The number of rotatable bonds is 3. The smallest absolute Gasteiger partial charge is 0.225 e. The number of hydrogen-bond acceptors (Lipinski definition) is 5. The Morgan fingerprint density at radius 3 is 2.48 bits per heavy atom. The Morgan fingerprint density at radius 2 is 1.86 bits per heavy atom. The second-order valence-corrected chi connectivity index (χ2v) is 9.59. The zero-order chi connectivity index (χ0) is 20.8. The Balaban J connectivity index is 1.50. The fraction of sp³-hybridized carbons (Fsp3) is 0.476. The van der Waals surface area contributed by atoms with Crippen molar-refractivity contribution >= 4 is 32.7 Å². The summed E-state index contributed by atoms with van der Waals surface area (Å²) in [6.45, 7) is 9.49. The van der Waals surface area contributed by atoms with Gasteiger partial charge in [-0.3, -0.25) is 4.79 Å². The lowest BCUT2D eigenvalue weighted by Gasteiger charge is -2.33. The third-order valence-electron chi connectivity index (χ3n) is 5.23. The highest BCUT2D eigenvalue weighted by Gasteiger charge is 2.28. The van der Waals surface area contributed by atoms with Gasteiger partial charge in [-0.15, -0.1) is 0 Å². The fourth-order valence-electron chi connectivity index (χ4n) is 3.44. The van der Waals surface area contributed by atoms with Crippen LogP contribution < -0.4 is 10.2 Å². The normalized spacial score (nSPS) is 15.8. The molecular formula is C21H26FN5OS. The Bertz CT molecular complexity index is 1030. The van der Waals surface area contributed by atoms with Crippen LogP contribution in [0.3, 0.4) is 0 Å². The lowest BCUT2D eigenvalue weighted by Crippen LogP contribution is -2.47. The Hall–Kier alpha value is -2.48. The molecule has 154 valence electrons. The molecule has 3 aromatic rings. The van der Waals surface area contributed by atoms with Crippen LogP contribution in [0.1, 0.15) is 39.3 Å². The van der Waals surface area contributed by atoms with Gasteiger partial charge in [0.25, 0.3) is 0 Å². The minimum absolute atomic E-state index is 0.103. The summed E-state index contributed by atoms with van der Waals surface area (Å²) >= 11 is 1.64. The highest BCUT2D eigenvalue weighted by Crippen LogP contribution is 2.33. The van der Waals surface area contributed by atoms with E-state index in [1.807, 2.05) is 27.7 Å². The highest BCUT2D eigenvalue weighted by atomic mass is 32.1. The first-order valence-corrected chi connectivity index (χ1v) is 10.7. The molecule has 1 N–H and O–H groups in total. The zero-order valence-electron chi connectivity index (χ0n) is 17.2. The summed E-state index contributed by atoms with van der Waals surface area (Å²) in [5.74, 6) is -0.166. The number of carbonyl (C=O) groups is 1. The molecule has 3 heterocycles. The number of piperidine rings is 1. The predicted molar refractivity (Wildman–Crippen MR) is 114 cm³/mol. The first-order valence-electron chi connectivity index (χ1n) is 9.90. The van der Waals surface area contributed by atoms with Crippen molar-refractivity contribution in [1.82, 2.24) is 20.1 Å². The number of nitrogens with zero attached hydrogens (tertiary/aromatic N) is 4. The van der Waals surface area contributed by atoms with Crippen LogP contribution in [0.15, 0.2) is 24.3 Å². The van der Waals surface area contributed by atoms with Gasteiger partial charge in [-0.25, -0.2) is 9.07 Å². The molecular weight excluding hydrogens is 389 g/mol. The number of nitrogens with one attached hydrogen (secondary N) is 1. The van der Waals surface area contributed by atoms with Gasteiger partial charge in [0.2, 0.25) is 5.91 Å². The van der Waals surface area contributed by atoms with Gasteiger partial charge in [-0.1, -0.05) is 32.1 Å². The largest absolute Gasteiger partial charge is 0.353 e. The molecule has 0 aliphatic carbocycles. The van der Waals surface area contributed by atoms with E-state index in [9.17, 15) is 9.18 Å². The Labute approximate surface area is 173 Å². The number of carbonyl (C=O) groups excluding carboxylic acids is 1. The Kier molecular flexibility index (Phi) is 5.06. The molecule has 4 rings (SSSR count). The van der Waals surface area contributed by atoms with E-state index in [2.05, 4.69) is 15.3 Å². The van der Waals surface area contributed by atoms with Gasteiger partial charge in [-0.2, -0.15) is 10.1 Å².